The first-order chi connectivity index (χ1) is 8.24. The van der Waals surface area contributed by atoms with Crippen LogP contribution in [0.3, 0.4) is 0 Å². The first-order valence-electron chi connectivity index (χ1n) is 5.82. The van der Waals surface area contributed by atoms with Crippen molar-refractivity contribution in [1.29, 1.82) is 0 Å². The fourth-order valence-corrected chi connectivity index (χ4v) is 1.62. The minimum atomic E-state index is -0.399. The minimum absolute atomic E-state index is 0.118. The molecule has 0 saturated heterocycles. The van der Waals surface area contributed by atoms with Crippen molar-refractivity contribution >= 4 is 23.3 Å². The summed E-state index contributed by atoms with van der Waals surface area (Å²) in [6.45, 7) is 8.69. The molecule has 0 atom stereocenters. The molecule has 1 aromatic heterocycles. The second-order valence-corrected chi connectivity index (χ2v) is 5.49. The zero-order valence-corrected chi connectivity index (χ0v) is 12.0. The zero-order valence-electron chi connectivity index (χ0n) is 11.2. The number of aromatic nitrogens is 2. The number of hydrogen-bond donors (Lipinski definition) is 1. The van der Waals surface area contributed by atoms with Crippen LogP contribution in [0.5, 0.6) is 0 Å². The third-order valence-corrected chi connectivity index (χ3v) is 2.60. The quantitative estimate of drug-likeness (QED) is 0.846. The molecule has 0 bridgehead atoms. The van der Waals surface area contributed by atoms with Crippen LogP contribution < -0.4 is 10.6 Å². The lowest BCUT2D eigenvalue weighted by molar-refractivity contribution is -0.116. The maximum absolute atomic E-state index is 11.0. The molecule has 1 heterocycles. The normalized spacial score (nSPS) is 11.4. The molecule has 0 radical (unpaired) electrons. The summed E-state index contributed by atoms with van der Waals surface area (Å²) in [5.41, 5.74) is 5.01. The van der Waals surface area contributed by atoms with E-state index in [4.69, 9.17) is 17.3 Å². The first kappa shape index (κ1) is 14.7. The van der Waals surface area contributed by atoms with Crippen LogP contribution in [0.15, 0.2) is 6.07 Å². The van der Waals surface area contributed by atoms with Gasteiger partial charge in [-0.1, -0.05) is 32.4 Å². The topological polar surface area (TPSA) is 72.1 Å². The van der Waals surface area contributed by atoms with E-state index in [0.29, 0.717) is 23.3 Å². The number of nitrogens with two attached hydrogens (primary N) is 1. The van der Waals surface area contributed by atoms with Crippen molar-refractivity contribution < 1.29 is 4.79 Å². The first-order valence-corrected chi connectivity index (χ1v) is 6.20. The number of amides is 1. The third-order valence-electron chi connectivity index (χ3n) is 2.40. The molecular weight excluding hydrogens is 252 g/mol. The number of primary amides is 1. The summed E-state index contributed by atoms with van der Waals surface area (Å²) in [6.07, 6.45) is 0. The highest BCUT2D eigenvalue weighted by Gasteiger charge is 2.20. The Morgan fingerprint density at radius 2 is 2.06 bits per heavy atom. The number of rotatable bonds is 4. The monoisotopic (exact) mass is 270 g/mol. The van der Waals surface area contributed by atoms with E-state index < -0.39 is 5.91 Å². The smallest absolute Gasteiger partial charge is 0.236 e. The molecule has 1 rings (SSSR count). The van der Waals surface area contributed by atoms with Gasteiger partial charge in [-0.3, -0.25) is 4.79 Å². The van der Waals surface area contributed by atoms with Crippen molar-refractivity contribution in [3.8, 4) is 0 Å². The molecule has 0 aliphatic carbocycles. The lowest BCUT2D eigenvalue weighted by Crippen LogP contribution is -2.34. The Kier molecular flexibility index (Phi) is 4.51. The standard InChI is InChI=1S/C12H19ClN4O/c1-5-17(7-9(14)18)10-6-8(13)15-11(16-10)12(2,3)4/h6H,5,7H2,1-4H3,(H2,14,18). The maximum Gasteiger partial charge on any atom is 0.236 e. The zero-order chi connectivity index (χ0) is 13.9. The summed E-state index contributed by atoms with van der Waals surface area (Å²) in [5.74, 6) is 0.873. The molecule has 0 aliphatic heterocycles. The summed E-state index contributed by atoms with van der Waals surface area (Å²) >= 11 is 6.00. The summed E-state index contributed by atoms with van der Waals surface area (Å²) in [5, 5.41) is 0.368. The van der Waals surface area contributed by atoms with Crippen LogP contribution >= 0.6 is 11.6 Å². The number of nitrogens with zero attached hydrogens (tertiary/aromatic N) is 3. The highest BCUT2D eigenvalue weighted by molar-refractivity contribution is 6.29. The molecule has 0 aliphatic rings. The Hall–Kier alpha value is -1.36. The van der Waals surface area contributed by atoms with Crippen molar-refractivity contribution in [1.82, 2.24) is 9.97 Å². The predicted octanol–water partition coefficient (Wildman–Crippen LogP) is 1.74. The van der Waals surface area contributed by atoms with E-state index in [1.54, 1.807) is 11.0 Å². The molecule has 0 spiro atoms. The molecule has 0 aromatic carbocycles. The van der Waals surface area contributed by atoms with Gasteiger partial charge >= 0.3 is 0 Å². The van der Waals surface area contributed by atoms with E-state index >= 15 is 0 Å². The number of halogens is 1. The van der Waals surface area contributed by atoms with Crippen LogP contribution in [-0.4, -0.2) is 29.0 Å². The second-order valence-electron chi connectivity index (χ2n) is 5.10. The van der Waals surface area contributed by atoms with Crippen molar-refractivity contribution in [2.45, 2.75) is 33.1 Å². The van der Waals surface area contributed by atoms with Gasteiger partial charge in [0.15, 0.2) is 0 Å². The highest BCUT2D eigenvalue weighted by Crippen LogP contribution is 2.23. The van der Waals surface area contributed by atoms with E-state index in [1.807, 2.05) is 27.7 Å². The average Bonchev–Trinajstić information content (AvgIpc) is 2.23. The Morgan fingerprint density at radius 1 is 1.44 bits per heavy atom. The van der Waals surface area contributed by atoms with Gasteiger partial charge in [-0.2, -0.15) is 0 Å². The number of likely N-dealkylation sites (N-methyl/N-ethyl adjacent to an activating group) is 1. The maximum atomic E-state index is 11.0. The highest BCUT2D eigenvalue weighted by atomic mass is 35.5. The molecular formula is C12H19ClN4O. The summed E-state index contributed by atoms with van der Waals surface area (Å²) < 4.78 is 0. The fraction of sp³-hybridized carbons (Fsp3) is 0.583. The third kappa shape index (κ3) is 3.84. The van der Waals surface area contributed by atoms with Gasteiger partial charge in [-0.05, 0) is 6.92 Å². The number of carbonyl (C=O) groups is 1. The number of anilines is 1. The second kappa shape index (κ2) is 5.52. The van der Waals surface area contributed by atoms with Crippen molar-refractivity contribution in [3.63, 3.8) is 0 Å². The lowest BCUT2D eigenvalue weighted by Gasteiger charge is -2.23. The van der Waals surface area contributed by atoms with Crippen LogP contribution in [0.2, 0.25) is 5.15 Å². The molecule has 100 valence electrons. The van der Waals surface area contributed by atoms with Gasteiger partial charge < -0.3 is 10.6 Å². The Balaban J connectivity index is 3.15. The summed E-state index contributed by atoms with van der Waals surface area (Å²) in [4.78, 5) is 21.4. The molecule has 1 amide bonds. The van der Waals surface area contributed by atoms with Crippen LogP contribution in [0.25, 0.3) is 0 Å². The van der Waals surface area contributed by atoms with Gasteiger partial charge in [0.2, 0.25) is 5.91 Å². The predicted molar refractivity (Wildman–Crippen MR) is 72.8 cm³/mol. The molecule has 0 saturated carbocycles. The van der Waals surface area contributed by atoms with E-state index in [0.717, 1.165) is 0 Å². The molecule has 0 fully saturated rings. The van der Waals surface area contributed by atoms with E-state index in [-0.39, 0.29) is 12.0 Å². The van der Waals surface area contributed by atoms with Crippen LogP contribution in [0.4, 0.5) is 5.82 Å². The van der Waals surface area contributed by atoms with Gasteiger partial charge in [0.05, 0.1) is 6.54 Å². The molecule has 1 aromatic rings. The van der Waals surface area contributed by atoms with Crippen molar-refractivity contribution in [2.24, 2.45) is 5.73 Å². The van der Waals surface area contributed by atoms with Gasteiger partial charge in [0, 0.05) is 18.0 Å². The molecule has 2 N–H and O–H groups in total. The molecule has 6 heteroatoms. The van der Waals surface area contributed by atoms with E-state index in [1.165, 1.54) is 0 Å². The molecule has 5 nitrogen and oxygen atoms in total. The van der Waals surface area contributed by atoms with Gasteiger partial charge in [0.25, 0.3) is 0 Å². The molecule has 18 heavy (non-hydrogen) atoms. The molecule has 0 unspecified atom stereocenters. The van der Waals surface area contributed by atoms with Crippen molar-refractivity contribution in [2.75, 3.05) is 18.0 Å². The van der Waals surface area contributed by atoms with E-state index in [2.05, 4.69) is 9.97 Å². The van der Waals surface area contributed by atoms with Gasteiger partial charge in [-0.25, -0.2) is 9.97 Å². The van der Waals surface area contributed by atoms with E-state index in [9.17, 15) is 4.79 Å². The summed E-state index contributed by atoms with van der Waals surface area (Å²) in [6, 6.07) is 1.64. The van der Waals surface area contributed by atoms with Gasteiger partial charge in [-0.15, -0.1) is 0 Å². The number of hydrogen-bond acceptors (Lipinski definition) is 4. The summed E-state index contributed by atoms with van der Waals surface area (Å²) in [7, 11) is 0. The Labute approximate surface area is 112 Å². The average molecular weight is 271 g/mol. The van der Waals surface area contributed by atoms with Gasteiger partial charge in [0.1, 0.15) is 16.8 Å². The Bertz CT molecular complexity index is 442. The van der Waals surface area contributed by atoms with Crippen LogP contribution in [-0.2, 0) is 10.2 Å². The SMILES string of the molecule is CCN(CC(N)=O)c1cc(Cl)nc(C(C)(C)C)n1. The largest absolute Gasteiger partial charge is 0.368 e. The van der Waals surface area contributed by atoms with Crippen LogP contribution in [0.1, 0.15) is 33.5 Å². The fourth-order valence-electron chi connectivity index (χ4n) is 1.45. The lowest BCUT2D eigenvalue weighted by atomic mass is 9.96. The number of carbonyl (C=O) groups excluding carboxylic acids is 1. The van der Waals surface area contributed by atoms with Crippen molar-refractivity contribution in [3.05, 3.63) is 17.0 Å². The van der Waals surface area contributed by atoms with Crippen LogP contribution in [0, 0.1) is 0 Å². The minimum Gasteiger partial charge on any atom is -0.368 e. The Morgan fingerprint density at radius 3 is 2.50 bits per heavy atom.